The fraction of sp³-hybridized carbons (Fsp3) is 0.125. The highest BCUT2D eigenvalue weighted by Crippen LogP contribution is 2.24. The first-order chi connectivity index (χ1) is 9.83. The monoisotopic (exact) mass is 281 g/mol. The minimum absolute atomic E-state index is 0.0345. The van der Waals surface area contributed by atoms with E-state index in [-0.39, 0.29) is 6.04 Å². The molecule has 3 aromatic rings. The summed E-state index contributed by atoms with van der Waals surface area (Å²) in [7, 11) is 0. The Morgan fingerprint density at radius 2 is 1.80 bits per heavy atom. The highest BCUT2D eigenvalue weighted by molar-refractivity contribution is 7.09. The molecular formula is C16H15N3S. The van der Waals surface area contributed by atoms with Crippen molar-refractivity contribution in [3.8, 4) is 11.3 Å². The number of hydrogen-bond donors (Lipinski definition) is 1. The minimum Gasteiger partial charge on any atom is -0.324 e. The van der Waals surface area contributed by atoms with Gasteiger partial charge in [-0.05, 0) is 17.7 Å². The number of benzene rings is 1. The van der Waals surface area contributed by atoms with Gasteiger partial charge >= 0.3 is 0 Å². The highest BCUT2D eigenvalue weighted by atomic mass is 32.1. The molecule has 2 N–H and O–H groups in total. The Kier molecular flexibility index (Phi) is 3.85. The lowest BCUT2D eigenvalue weighted by molar-refractivity contribution is 0.717. The number of thiazole rings is 1. The van der Waals surface area contributed by atoms with Crippen LogP contribution in [0.25, 0.3) is 11.3 Å². The van der Waals surface area contributed by atoms with E-state index in [1.165, 1.54) is 0 Å². The van der Waals surface area contributed by atoms with Crippen LogP contribution >= 0.6 is 11.3 Å². The van der Waals surface area contributed by atoms with E-state index in [9.17, 15) is 0 Å². The maximum Gasteiger partial charge on any atom is 0.0951 e. The Labute approximate surface area is 122 Å². The minimum atomic E-state index is -0.0345. The number of nitrogens with two attached hydrogens (primary N) is 1. The molecule has 3 rings (SSSR count). The van der Waals surface area contributed by atoms with Gasteiger partial charge in [0.2, 0.25) is 0 Å². The average Bonchev–Trinajstić information content (AvgIpc) is 2.97. The summed E-state index contributed by atoms with van der Waals surface area (Å²) in [6, 6.07) is 14.1. The molecule has 0 fully saturated rings. The van der Waals surface area contributed by atoms with Crippen molar-refractivity contribution in [1.82, 2.24) is 9.97 Å². The van der Waals surface area contributed by atoms with Crippen LogP contribution < -0.4 is 5.73 Å². The zero-order chi connectivity index (χ0) is 13.8. The van der Waals surface area contributed by atoms with Crippen molar-refractivity contribution < 1.29 is 0 Å². The summed E-state index contributed by atoms with van der Waals surface area (Å²) >= 11 is 1.66. The Hall–Kier alpha value is -2.04. The zero-order valence-electron chi connectivity index (χ0n) is 10.9. The SMILES string of the molecule is NC(Cc1nc(-c2ccccc2)cs1)c1ccncc1. The van der Waals surface area contributed by atoms with Gasteiger partial charge in [0.05, 0.1) is 10.7 Å². The van der Waals surface area contributed by atoms with Crippen molar-refractivity contribution in [1.29, 1.82) is 0 Å². The van der Waals surface area contributed by atoms with E-state index in [4.69, 9.17) is 5.73 Å². The van der Waals surface area contributed by atoms with Gasteiger partial charge in [-0.3, -0.25) is 4.98 Å². The molecule has 0 saturated carbocycles. The fourth-order valence-electron chi connectivity index (χ4n) is 2.06. The molecule has 0 bridgehead atoms. The van der Waals surface area contributed by atoms with Gasteiger partial charge in [0.15, 0.2) is 0 Å². The predicted octanol–water partition coefficient (Wildman–Crippen LogP) is 3.45. The quantitative estimate of drug-likeness (QED) is 0.797. The maximum absolute atomic E-state index is 6.21. The summed E-state index contributed by atoms with van der Waals surface area (Å²) in [5.41, 5.74) is 9.47. The number of hydrogen-bond acceptors (Lipinski definition) is 4. The Balaban J connectivity index is 1.75. The molecule has 4 heteroatoms. The molecule has 0 aliphatic rings. The first-order valence-corrected chi connectivity index (χ1v) is 7.36. The second kappa shape index (κ2) is 5.94. The molecule has 0 aliphatic heterocycles. The zero-order valence-corrected chi connectivity index (χ0v) is 11.8. The lowest BCUT2D eigenvalue weighted by Gasteiger charge is -2.09. The summed E-state index contributed by atoms with van der Waals surface area (Å²) in [6.07, 6.45) is 4.29. The number of aromatic nitrogens is 2. The third kappa shape index (κ3) is 2.92. The molecule has 1 atom stereocenters. The maximum atomic E-state index is 6.21. The second-order valence-electron chi connectivity index (χ2n) is 4.58. The molecule has 0 amide bonds. The molecule has 0 radical (unpaired) electrons. The van der Waals surface area contributed by atoms with Gasteiger partial charge < -0.3 is 5.73 Å². The van der Waals surface area contributed by atoms with E-state index < -0.39 is 0 Å². The van der Waals surface area contributed by atoms with Crippen LogP contribution in [0.4, 0.5) is 0 Å². The third-order valence-corrected chi connectivity index (χ3v) is 4.02. The third-order valence-electron chi connectivity index (χ3n) is 3.15. The van der Waals surface area contributed by atoms with Gasteiger partial charge in [0.25, 0.3) is 0 Å². The van der Waals surface area contributed by atoms with E-state index in [2.05, 4.69) is 27.5 Å². The summed E-state index contributed by atoms with van der Waals surface area (Å²) in [5, 5.41) is 3.15. The summed E-state index contributed by atoms with van der Waals surface area (Å²) in [4.78, 5) is 8.68. The molecule has 20 heavy (non-hydrogen) atoms. The second-order valence-corrected chi connectivity index (χ2v) is 5.53. The molecule has 3 nitrogen and oxygen atoms in total. The van der Waals surface area contributed by atoms with E-state index >= 15 is 0 Å². The van der Waals surface area contributed by atoms with Gasteiger partial charge in [-0.2, -0.15) is 0 Å². The van der Waals surface area contributed by atoms with Crippen molar-refractivity contribution in [2.45, 2.75) is 12.5 Å². The van der Waals surface area contributed by atoms with Crippen molar-refractivity contribution in [3.05, 3.63) is 70.8 Å². The number of nitrogens with zero attached hydrogens (tertiary/aromatic N) is 2. The van der Waals surface area contributed by atoms with Crippen LogP contribution in [0.1, 0.15) is 16.6 Å². The lowest BCUT2D eigenvalue weighted by atomic mass is 10.1. The van der Waals surface area contributed by atoms with Crippen molar-refractivity contribution in [2.24, 2.45) is 5.73 Å². The summed E-state index contributed by atoms with van der Waals surface area (Å²) in [6.45, 7) is 0. The number of pyridine rings is 1. The van der Waals surface area contributed by atoms with Crippen LogP contribution in [0, 0.1) is 0 Å². The van der Waals surface area contributed by atoms with Crippen LogP contribution in [0.2, 0.25) is 0 Å². The van der Waals surface area contributed by atoms with E-state index in [1.54, 1.807) is 23.7 Å². The standard InChI is InChI=1S/C16H15N3S/c17-14(12-6-8-18-9-7-12)10-16-19-15(11-20-16)13-4-2-1-3-5-13/h1-9,11,14H,10,17H2. The lowest BCUT2D eigenvalue weighted by Crippen LogP contribution is -2.13. The molecule has 0 aliphatic carbocycles. The largest absolute Gasteiger partial charge is 0.324 e. The Morgan fingerprint density at radius 3 is 2.55 bits per heavy atom. The molecule has 0 spiro atoms. The molecule has 2 aromatic heterocycles. The van der Waals surface area contributed by atoms with Crippen LogP contribution in [0.3, 0.4) is 0 Å². The Bertz CT molecular complexity index is 664. The van der Waals surface area contributed by atoms with Crippen LogP contribution in [0.5, 0.6) is 0 Å². The van der Waals surface area contributed by atoms with Gasteiger partial charge in [-0.15, -0.1) is 11.3 Å². The van der Waals surface area contributed by atoms with Gasteiger partial charge in [-0.25, -0.2) is 4.98 Å². The summed E-state index contributed by atoms with van der Waals surface area (Å²) in [5.74, 6) is 0. The van der Waals surface area contributed by atoms with Gasteiger partial charge in [0.1, 0.15) is 0 Å². The molecule has 1 aromatic carbocycles. The van der Waals surface area contributed by atoms with Crippen molar-refractivity contribution >= 4 is 11.3 Å². The molecular weight excluding hydrogens is 266 g/mol. The van der Waals surface area contributed by atoms with Crippen molar-refractivity contribution in [2.75, 3.05) is 0 Å². The van der Waals surface area contributed by atoms with E-state index in [1.807, 2.05) is 30.3 Å². The molecule has 0 saturated heterocycles. The fourth-order valence-corrected chi connectivity index (χ4v) is 2.93. The highest BCUT2D eigenvalue weighted by Gasteiger charge is 2.10. The molecule has 100 valence electrons. The first-order valence-electron chi connectivity index (χ1n) is 6.48. The normalized spacial score (nSPS) is 12.2. The van der Waals surface area contributed by atoms with Gasteiger partial charge in [-0.1, -0.05) is 30.3 Å². The molecule has 2 heterocycles. The number of rotatable bonds is 4. The average molecular weight is 281 g/mol. The first kappa shape index (κ1) is 13.0. The van der Waals surface area contributed by atoms with Crippen molar-refractivity contribution in [3.63, 3.8) is 0 Å². The predicted molar refractivity (Wildman–Crippen MR) is 82.4 cm³/mol. The topological polar surface area (TPSA) is 51.8 Å². The summed E-state index contributed by atoms with van der Waals surface area (Å²) < 4.78 is 0. The van der Waals surface area contributed by atoms with E-state index in [0.717, 1.165) is 28.2 Å². The van der Waals surface area contributed by atoms with Crippen LogP contribution in [0.15, 0.2) is 60.2 Å². The molecule has 1 unspecified atom stereocenters. The Morgan fingerprint density at radius 1 is 1.05 bits per heavy atom. The van der Waals surface area contributed by atoms with Crippen LogP contribution in [-0.4, -0.2) is 9.97 Å². The smallest absolute Gasteiger partial charge is 0.0951 e. The van der Waals surface area contributed by atoms with Gasteiger partial charge in [0, 0.05) is 35.8 Å². The van der Waals surface area contributed by atoms with E-state index in [0.29, 0.717) is 0 Å². The van der Waals surface area contributed by atoms with Crippen LogP contribution in [-0.2, 0) is 6.42 Å².